The quantitative estimate of drug-likeness (QED) is 0.738. The van der Waals surface area contributed by atoms with Crippen LogP contribution >= 0.6 is 0 Å². The number of nitrogens with one attached hydrogen (secondary N) is 1. The first-order valence-electron chi connectivity index (χ1n) is 8.84. The Morgan fingerprint density at radius 2 is 2.18 bits per heavy atom. The van der Waals surface area contributed by atoms with Crippen molar-refractivity contribution in [2.24, 2.45) is 5.92 Å². The van der Waals surface area contributed by atoms with Gasteiger partial charge < -0.3 is 15.5 Å². The number of nitrogens with zero attached hydrogens (tertiary/aromatic N) is 4. The third-order valence-electron chi connectivity index (χ3n) is 5.18. The van der Waals surface area contributed by atoms with Gasteiger partial charge in [-0.3, -0.25) is 9.20 Å². The minimum atomic E-state index is -1.26. The molecule has 9 nitrogen and oxygen atoms in total. The number of amides is 1. The average Bonchev–Trinajstić information content (AvgIpc) is 3.23. The second kappa shape index (κ2) is 6.49. The van der Waals surface area contributed by atoms with E-state index in [1.807, 2.05) is 13.0 Å². The molecule has 2 aromatic rings. The van der Waals surface area contributed by atoms with E-state index >= 15 is 0 Å². The van der Waals surface area contributed by atoms with Gasteiger partial charge in [0.25, 0.3) is 5.91 Å². The molecule has 2 heterocycles. The highest BCUT2D eigenvalue weighted by Crippen LogP contribution is 2.39. The van der Waals surface area contributed by atoms with Gasteiger partial charge in [0.1, 0.15) is 11.4 Å². The number of carboxylic acids is 1. The molecule has 0 saturated carbocycles. The van der Waals surface area contributed by atoms with E-state index in [2.05, 4.69) is 21.4 Å². The molecule has 4 rings (SSSR count). The lowest BCUT2D eigenvalue weighted by molar-refractivity contribution is 0.0688. The zero-order valence-electron chi connectivity index (χ0n) is 15.0. The van der Waals surface area contributed by atoms with Crippen LogP contribution in [0.25, 0.3) is 5.78 Å². The van der Waals surface area contributed by atoms with Gasteiger partial charge in [0.05, 0.1) is 18.3 Å². The first-order valence-corrected chi connectivity index (χ1v) is 8.84. The number of carboxylic acid groups (broad SMARTS) is 1. The Morgan fingerprint density at radius 1 is 1.39 bits per heavy atom. The molecule has 2 aliphatic carbocycles. The molecule has 28 heavy (non-hydrogen) atoms. The van der Waals surface area contributed by atoms with E-state index in [1.165, 1.54) is 0 Å². The van der Waals surface area contributed by atoms with Crippen molar-refractivity contribution >= 4 is 17.7 Å². The van der Waals surface area contributed by atoms with Crippen LogP contribution in [0.2, 0.25) is 0 Å². The van der Waals surface area contributed by atoms with Crippen molar-refractivity contribution < 1.29 is 19.8 Å². The number of allylic oxidation sites excluding steroid dienone is 3. The molecule has 0 radical (unpaired) electrons. The van der Waals surface area contributed by atoms with Crippen LogP contribution in [0.1, 0.15) is 47.2 Å². The van der Waals surface area contributed by atoms with E-state index in [0.29, 0.717) is 12.8 Å². The molecule has 2 aliphatic rings. The number of rotatable bonds is 3. The van der Waals surface area contributed by atoms with Gasteiger partial charge in [-0.1, -0.05) is 6.92 Å². The molecule has 0 aromatic carbocycles. The second-order valence-electron chi connectivity index (χ2n) is 7.03. The maximum atomic E-state index is 12.8. The summed E-state index contributed by atoms with van der Waals surface area (Å²) in [5.74, 6) is -2.07. The van der Waals surface area contributed by atoms with Crippen LogP contribution in [0.4, 0.5) is 0 Å². The fraction of sp³-hybridized carbons (Fsp3) is 0.316. The summed E-state index contributed by atoms with van der Waals surface area (Å²) in [5, 5.41) is 31.0. The minimum Gasteiger partial charge on any atom is -0.492 e. The van der Waals surface area contributed by atoms with Crippen LogP contribution in [0.15, 0.2) is 35.1 Å². The molecule has 2 atom stereocenters. The molecule has 1 amide bonds. The fourth-order valence-electron chi connectivity index (χ4n) is 4.04. The summed E-state index contributed by atoms with van der Waals surface area (Å²) in [4.78, 5) is 32.1. The molecule has 9 heteroatoms. The van der Waals surface area contributed by atoms with E-state index in [9.17, 15) is 19.8 Å². The van der Waals surface area contributed by atoms with Gasteiger partial charge in [0.15, 0.2) is 0 Å². The van der Waals surface area contributed by atoms with Crippen LogP contribution in [0, 0.1) is 17.2 Å². The highest BCUT2D eigenvalue weighted by atomic mass is 16.4. The Labute approximate surface area is 159 Å². The first kappa shape index (κ1) is 17.7. The maximum Gasteiger partial charge on any atom is 0.353 e. The molecule has 0 aliphatic heterocycles. The number of imidazole rings is 1. The third-order valence-corrected chi connectivity index (χ3v) is 5.18. The number of carbonyl (C=O) groups excluding carboxylic acids is 1. The Bertz CT molecular complexity index is 1120. The van der Waals surface area contributed by atoms with E-state index in [-0.39, 0.29) is 35.0 Å². The largest absolute Gasteiger partial charge is 0.492 e. The van der Waals surface area contributed by atoms with Gasteiger partial charge in [0.2, 0.25) is 11.7 Å². The first-order chi connectivity index (χ1) is 13.4. The number of carbonyl (C=O) groups is 2. The topological polar surface area (TPSA) is 141 Å². The van der Waals surface area contributed by atoms with Crippen LogP contribution in [0.3, 0.4) is 0 Å². The molecule has 0 bridgehead atoms. The Kier molecular flexibility index (Phi) is 4.11. The highest BCUT2D eigenvalue weighted by molar-refractivity contribution is 5.96. The van der Waals surface area contributed by atoms with Crippen molar-refractivity contribution in [2.45, 2.75) is 32.2 Å². The predicted octanol–water partition coefficient (Wildman–Crippen LogP) is 1.81. The Morgan fingerprint density at radius 3 is 2.89 bits per heavy atom. The van der Waals surface area contributed by atoms with Gasteiger partial charge in [-0.2, -0.15) is 10.2 Å². The number of aromatic nitrogens is 3. The average molecular weight is 379 g/mol. The van der Waals surface area contributed by atoms with Crippen LogP contribution in [0.5, 0.6) is 5.88 Å². The standard InChI is InChI=1S/C19H17N5O4/c1-9-4-10(7-20)5-11-2-3-12(16(9)11)21-17(26)13-6-14(18(27)28)24-8-15(25)23-19(24)22-13/h5-6,8-9,12,25H,2-4H2,1H3,(H,21,26)(H,27,28)/t9?,12-/m0/s1. The van der Waals surface area contributed by atoms with Crippen molar-refractivity contribution in [1.82, 2.24) is 19.7 Å². The Hall–Kier alpha value is -3.67. The van der Waals surface area contributed by atoms with Gasteiger partial charge in [0, 0.05) is 11.6 Å². The van der Waals surface area contributed by atoms with Crippen LogP contribution in [-0.2, 0) is 0 Å². The van der Waals surface area contributed by atoms with Crippen molar-refractivity contribution in [3.8, 4) is 11.9 Å². The molecule has 0 spiro atoms. The number of nitriles is 1. The summed E-state index contributed by atoms with van der Waals surface area (Å²) in [7, 11) is 0. The van der Waals surface area contributed by atoms with Gasteiger partial charge >= 0.3 is 5.97 Å². The summed E-state index contributed by atoms with van der Waals surface area (Å²) in [5.41, 5.74) is 2.65. The molecule has 2 aromatic heterocycles. The number of hydrogen-bond acceptors (Lipinski definition) is 6. The van der Waals surface area contributed by atoms with E-state index in [1.54, 1.807) is 0 Å². The number of hydrogen-bond donors (Lipinski definition) is 3. The van der Waals surface area contributed by atoms with Gasteiger partial charge in [-0.15, -0.1) is 0 Å². The van der Waals surface area contributed by atoms with Crippen LogP contribution < -0.4 is 5.32 Å². The summed E-state index contributed by atoms with van der Waals surface area (Å²) < 4.78 is 1.11. The van der Waals surface area contributed by atoms with E-state index in [4.69, 9.17) is 5.26 Å². The predicted molar refractivity (Wildman–Crippen MR) is 96.6 cm³/mol. The highest BCUT2D eigenvalue weighted by Gasteiger charge is 2.33. The monoisotopic (exact) mass is 379 g/mol. The molecular formula is C19H17N5O4. The van der Waals surface area contributed by atoms with Crippen molar-refractivity contribution in [3.63, 3.8) is 0 Å². The lowest BCUT2D eigenvalue weighted by atomic mass is 9.84. The van der Waals surface area contributed by atoms with Gasteiger partial charge in [-0.25, -0.2) is 9.78 Å². The minimum absolute atomic E-state index is 0.0680. The SMILES string of the molecule is CC1CC(C#N)=CC2=C1[C@@H](NC(=O)c1cc(C(=O)O)n3cc(O)nc3n1)CC2. The van der Waals surface area contributed by atoms with E-state index < -0.39 is 11.9 Å². The summed E-state index contributed by atoms with van der Waals surface area (Å²) in [6.07, 6.45) is 5.17. The summed E-state index contributed by atoms with van der Waals surface area (Å²) >= 11 is 0. The van der Waals surface area contributed by atoms with Crippen LogP contribution in [-0.4, -0.2) is 42.5 Å². The molecule has 3 N–H and O–H groups in total. The normalized spacial score (nSPS) is 21.2. The molecule has 142 valence electrons. The Balaban J connectivity index is 1.65. The van der Waals surface area contributed by atoms with Gasteiger partial charge in [-0.05, 0) is 42.4 Å². The van der Waals surface area contributed by atoms with E-state index in [0.717, 1.165) is 39.8 Å². The molecule has 0 fully saturated rings. The number of fused-ring (bicyclic) bond motifs is 1. The smallest absolute Gasteiger partial charge is 0.353 e. The number of aromatic carboxylic acids is 1. The van der Waals surface area contributed by atoms with Crippen molar-refractivity contribution in [1.29, 1.82) is 5.26 Å². The molecule has 1 unspecified atom stereocenters. The van der Waals surface area contributed by atoms with Crippen molar-refractivity contribution in [2.75, 3.05) is 0 Å². The zero-order valence-corrected chi connectivity index (χ0v) is 15.0. The summed E-state index contributed by atoms with van der Waals surface area (Å²) in [6, 6.07) is 3.18. The zero-order chi connectivity index (χ0) is 20.0. The lowest BCUT2D eigenvalue weighted by Gasteiger charge is -2.25. The number of aromatic hydroxyl groups is 1. The molecular weight excluding hydrogens is 362 g/mol. The lowest BCUT2D eigenvalue weighted by Crippen LogP contribution is -2.37. The third kappa shape index (κ3) is 2.89. The molecule has 0 saturated heterocycles. The fourth-order valence-corrected chi connectivity index (χ4v) is 4.04. The van der Waals surface area contributed by atoms with Crippen molar-refractivity contribution in [3.05, 3.63) is 46.4 Å². The summed E-state index contributed by atoms with van der Waals surface area (Å²) in [6.45, 7) is 2.03. The maximum absolute atomic E-state index is 12.8. The second-order valence-corrected chi connectivity index (χ2v) is 7.03.